The molecule has 4 fully saturated rings. The zero-order chi connectivity index (χ0) is 24.5. The average molecular weight is 493 g/mol. The minimum atomic E-state index is -0.863. The van der Waals surface area contributed by atoms with Gasteiger partial charge in [-0.15, -0.1) is 0 Å². The second kappa shape index (κ2) is 14.4. The lowest BCUT2D eigenvalue weighted by molar-refractivity contribution is -0.285. The third-order valence-corrected chi connectivity index (χ3v) is 6.76. The fourth-order valence-electron chi connectivity index (χ4n) is 4.74. The van der Waals surface area contributed by atoms with E-state index in [4.69, 9.17) is 28.4 Å². The van der Waals surface area contributed by atoms with Crippen molar-refractivity contribution in [3.63, 3.8) is 0 Å². The van der Waals surface area contributed by atoms with Crippen molar-refractivity contribution in [1.29, 1.82) is 0 Å². The van der Waals surface area contributed by atoms with E-state index < -0.39 is 24.4 Å². The van der Waals surface area contributed by atoms with Crippen LogP contribution in [0.3, 0.4) is 0 Å². The molecule has 4 rings (SSSR count). The third-order valence-electron chi connectivity index (χ3n) is 6.76. The van der Waals surface area contributed by atoms with E-state index in [2.05, 4.69) is 13.8 Å². The zero-order valence-corrected chi connectivity index (χ0v) is 20.5. The zero-order valence-electron chi connectivity index (χ0n) is 20.5. The summed E-state index contributed by atoms with van der Waals surface area (Å²) in [5.41, 5.74) is 0. The van der Waals surface area contributed by atoms with E-state index in [0.717, 1.165) is 38.5 Å². The maximum absolute atomic E-state index is 9.74. The first-order chi connectivity index (χ1) is 16.5. The van der Waals surface area contributed by atoms with Gasteiger partial charge in [0, 0.05) is 0 Å². The van der Waals surface area contributed by atoms with Gasteiger partial charge in [0.05, 0.1) is 26.4 Å². The lowest BCUT2D eigenvalue weighted by Gasteiger charge is -2.37. The lowest BCUT2D eigenvalue weighted by Crippen LogP contribution is -2.52. The Hall–Kier alpha value is -0.400. The second-order valence-electron chi connectivity index (χ2n) is 9.54. The highest BCUT2D eigenvalue weighted by Crippen LogP contribution is 2.31. The highest BCUT2D eigenvalue weighted by Gasteiger charge is 2.48. The summed E-state index contributed by atoms with van der Waals surface area (Å²) in [6, 6.07) is 0. The van der Waals surface area contributed by atoms with Crippen molar-refractivity contribution in [2.45, 2.75) is 127 Å². The summed E-state index contributed by atoms with van der Waals surface area (Å²) in [4.78, 5) is 0. The monoisotopic (exact) mass is 492 g/mol. The lowest BCUT2D eigenvalue weighted by atomic mass is 10.0. The minimum absolute atomic E-state index is 0.0957. The molecule has 200 valence electrons. The van der Waals surface area contributed by atoms with E-state index in [-0.39, 0.29) is 56.8 Å². The number of unbranched alkanes of at least 4 members (excludes halogenated alkanes) is 4. The molecule has 0 aromatic rings. The van der Waals surface area contributed by atoms with Gasteiger partial charge >= 0.3 is 0 Å². The van der Waals surface area contributed by atoms with Gasteiger partial charge in [-0.1, -0.05) is 39.5 Å². The van der Waals surface area contributed by atoms with Crippen molar-refractivity contribution < 1.29 is 48.8 Å². The third kappa shape index (κ3) is 7.55. The highest BCUT2D eigenvalue weighted by molar-refractivity contribution is 4.93. The molecule has 0 saturated carbocycles. The fourth-order valence-corrected chi connectivity index (χ4v) is 4.74. The Morgan fingerprint density at radius 1 is 0.647 bits per heavy atom. The van der Waals surface area contributed by atoms with Crippen molar-refractivity contribution in [1.82, 2.24) is 0 Å². The normalized spacial score (nSPS) is 41.8. The first-order valence-electron chi connectivity index (χ1n) is 12.9. The summed E-state index contributed by atoms with van der Waals surface area (Å²) in [6.45, 7) is 5.07. The van der Waals surface area contributed by atoms with Crippen LogP contribution in [0.1, 0.15) is 65.2 Å². The molecule has 0 bridgehead atoms. The van der Waals surface area contributed by atoms with Crippen LogP contribution in [0.2, 0.25) is 0 Å². The largest absolute Gasteiger partial charge is 0.394 e. The van der Waals surface area contributed by atoms with E-state index in [1.165, 1.54) is 12.8 Å². The Balaban J connectivity index is 0.000000191. The minimum Gasteiger partial charge on any atom is -0.394 e. The summed E-state index contributed by atoms with van der Waals surface area (Å²) in [6.07, 6.45) is 3.89. The number of rotatable bonds is 10. The van der Waals surface area contributed by atoms with Crippen LogP contribution in [0.5, 0.6) is 0 Å². The standard InChI is InChI=1S/2C12H22O5/c1-2-3-4-5-10-16-9(6-13)12-11(17-10)8(14)7-15-12;1-2-3-4-5-10-15-7-9(17-10)12-11(14)8(13)6-16-12/h2*8-14H,2-7H2,1H3/t2*8-,9+,10?,11+,12+/m00/s1. The molecule has 0 aromatic heterocycles. The van der Waals surface area contributed by atoms with E-state index in [1.807, 2.05) is 0 Å². The van der Waals surface area contributed by atoms with Crippen molar-refractivity contribution >= 4 is 0 Å². The van der Waals surface area contributed by atoms with E-state index in [9.17, 15) is 20.4 Å². The molecule has 10 atom stereocenters. The van der Waals surface area contributed by atoms with Crippen LogP contribution in [-0.4, -0.2) is 108 Å². The Labute approximate surface area is 202 Å². The van der Waals surface area contributed by atoms with Crippen LogP contribution in [0.25, 0.3) is 0 Å². The summed E-state index contributed by atoms with van der Waals surface area (Å²) in [5.74, 6) is 0. The number of hydrogen-bond donors (Lipinski definition) is 4. The molecular formula is C24H44O10. The summed E-state index contributed by atoms with van der Waals surface area (Å²) >= 11 is 0. The molecule has 4 aliphatic rings. The number of aliphatic hydroxyl groups excluding tert-OH is 4. The average Bonchev–Trinajstić information content (AvgIpc) is 3.54. The van der Waals surface area contributed by atoms with Crippen LogP contribution in [0, 0.1) is 0 Å². The van der Waals surface area contributed by atoms with Crippen LogP contribution in [-0.2, 0) is 28.4 Å². The fraction of sp³-hybridized carbons (Fsp3) is 1.00. The van der Waals surface area contributed by atoms with Crippen LogP contribution in [0.15, 0.2) is 0 Å². The van der Waals surface area contributed by atoms with Crippen LogP contribution >= 0.6 is 0 Å². The van der Waals surface area contributed by atoms with E-state index >= 15 is 0 Å². The summed E-state index contributed by atoms with van der Waals surface area (Å²) < 4.78 is 33.3. The molecule has 34 heavy (non-hydrogen) atoms. The van der Waals surface area contributed by atoms with Gasteiger partial charge in [-0.2, -0.15) is 0 Å². The molecule has 0 spiro atoms. The van der Waals surface area contributed by atoms with Crippen molar-refractivity contribution in [2.75, 3.05) is 26.4 Å². The maximum Gasteiger partial charge on any atom is 0.158 e. The predicted molar refractivity (Wildman–Crippen MR) is 121 cm³/mol. The second-order valence-corrected chi connectivity index (χ2v) is 9.54. The van der Waals surface area contributed by atoms with Crippen LogP contribution < -0.4 is 0 Å². The maximum atomic E-state index is 9.74. The molecule has 2 unspecified atom stereocenters. The molecule has 4 saturated heterocycles. The molecule has 0 amide bonds. The SMILES string of the molecule is CCCCCC1OC[C@H]([C@H]2OC[C@H](O)[C@H]2O)O1.CCCCCC1O[C@H]2[C@H](OC[C@@H]2O)[C@@H](CO)O1. The number of fused-ring (bicyclic) bond motifs is 1. The van der Waals surface area contributed by atoms with Crippen LogP contribution in [0.4, 0.5) is 0 Å². The van der Waals surface area contributed by atoms with Crippen molar-refractivity contribution in [2.24, 2.45) is 0 Å². The molecule has 4 aliphatic heterocycles. The molecule has 10 nitrogen and oxygen atoms in total. The van der Waals surface area contributed by atoms with Crippen molar-refractivity contribution in [3.8, 4) is 0 Å². The summed E-state index contributed by atoms with van der Waals surface area (Å²) in [5, 5.41) is 38.1. The van der Waals surface area contributed by atoms with Crippen molar-refractivity contribution in [3.05, 3.63) is 0 Å². The first kappa shape index (κ1) is 28.2. The molecule has 4 heterocycles. The van der Waals surface area contributed by atoms with Gasteiger partial charge in [0.15, 0.2) is 12.6 Å². The van der Waals surface area contributed by atoms with Gasteiger partial charge < -0.3 is 48.8 Å². The first-order valence-corrected chi connectivity index (χ1v) is 12.9. The smallest absolute Gasteiger partial charge is 0.158 e. The summed E-state index contributed by atoms with van der Waals surface area (Å²) in [7, 11) is 0. The topological polar surface area (TPSA) is 136 Å². The molecule has 10 heteroatoms. The van der Waals surface area contributed by atoms with Gasteiger partial charge in [-0.25, -0.2) is 0 Å². The molecule has 4 N–H and O–H groups in total. The Morgan fingerprint density at radius 3 is 1.91 bits per heavy atom. The Morgan fingerprint density at radius 2 is 1.29 bits per heavy atom. The molecule has 0 aliphatic carbocycles. The highest BCUT2D eigenvalue weighted by atomic mass is 16.7. The van der Waals surface area contributed by atoms with E-state index in [1.54, 1.807) is 0 Å². The quantitative estimate of drug-likeness (QED) is 0.325. The Kier molecular flexibility index (Phi) is 11.9. The molecule has 0 aromatic carbocycles. The van der Waals surface area contributed by atoms with Gasteiger partial charge in [-0.3, -0.25) is 0 Å². The predicted octanol–water partition coefficient (Wildman–Crippen LogP) is 0.858. The van der Waals surface area contributed by atoms with E-state index in [0.29, 0.717) is 6.61 Å². The number of aliphatic hydroxyl groups is 4. The molecule has 0 radical (unpaired) electrons. The van der Waals surface area contributed by atoms with Gasteiger partial charge in [0.1, 0.15) is 48.8 Å². The number of ether oxygens (including phenoxy) is 6. The Bertz CT molecular complexity index is 564. The van der Waals surface area contributed by atoms with Gasteiger partial charge in [0.25, 0.3) is 0 Å². The number of hydrogen-bond acceptors (Lipinski definition) is 10. The molecular weight excluding hydrogens is 448 g/mol. The van der Waals surface area contributed by atoms with Gasteiger partial charge in [-0.05, 0) is 25.7 Å². The van der Waals surface area contributed by atoms with Gasteiger partial charge in [0.2, 0.25) is 0 Å².